The number of fused-ring (bicyclic) bond motifs is 2. The van der Waals surface area contributed by atoms with E-state index in [2.05, 4.69) is 53.1 Å². The van der Waals surface area contributed by atoms with Crippen molar-refractivity contribution in [3.63, 3.8) is 0 Å². The summed E-state index contributed by atoms with van der Waals surface area (Å²) >= 11 is 0. The van der Waals surface area contributed by atoms with E-state index in [1.165, 1.54) is 11.9 Å². The van der Waals surface area contributed by atoms with Crippen molar-refractivity contribution in [2.24, 2.45) is 22.7 Å². The first kappa shape index (κ1) is 28.1. The molecule has 10 heteroatoms. The predicted molar refractivity (Wildman–Crippen MR) is 152 cm³/mol. The van der Waals surface area contributed by atoms with Crippen LogP contribution in [0.2, 0.25) is 0 Å². The van der Waals surface area contributed by atoms with Gasteiger partial charge in [-0.2, -0.15) is 4.31 Å². The number of hydrogen-bond acceptors (Lipinski definition) is 6. The summed E-state index contributed by atoms with van der Waals surface area (Å²) < 4.78 is 29.6. The normalized spacial score (nSPS) is 29.5. The molecule has 2 heterocycles. The van der Waals surface area contributed by atoms with Crippen LogP contribution >= 0.6 is 0 Å². The molecule has 39 heavy (non-hydrogen) atoms. The maximum Gasteiger partial charge on any atom is 0.226 e. The van der Waals surface area contributed by atoms with Gasteiger partial charge in [-0.15, -0.1) is 0 Å². The maximum atomic E-state index is 14.0. The van der Waals surface area contributed by atoms with E-state index in [9.17, 15) is 18.3 Å². The number of anilines is 1. The standard InChI is InChI=1S/C29H43N5O4S/c1-21-7-5-6-8-25(21)33-11-13-34(14-12-33)39(37,38)19-28-10-9-23(27(28,3)4)16-29(28,36)22(2)17-31-26(35)15-24-18-30-20-32-24/h5-8,18,20,22-23,36H,9-17,19H2,1-4H3,(H,30,32)(H,31,35). The SMILES string of the molecule is Cc1ccccc1N1CCN(S(=O)(=O)CC23CCC(CC2(O)C(C)CNC(=O)Cc2cnc[nH]2)C3(C)C)CC1. The summed E-state index contributed by atoms with van der Waals surface area (Å²) in [5.41, 5.74) is 0.784. The van der Waals surface area contributed by atoms with Gasteiger partial charge in [-0.25, -0.2) is 13.4 Å². The highest BCUT2D eigenvalue weighted by atomic mass is 32.2. The molecule has 3 fully saturated rings. The first-order valence-electron chi connectivity index (χ1n) is 14.1. The second-order valence-corrected chi connectivity index (χ2v) is 14.5. The molecule has 1 aromatic heterocycles. The lowest BCUT2D eigenvalue weighted by Crippen LogP contribution is -2.60. The van der Waals surface area contributed by atoms with Crippen molar-refractivity contribution in [1.82, 2.24) is 19.6 Å². The molecule has 214 valence electrons. The van der Waals surface area contributed by atoms with Gasteiger partial charge in [0.25, 0.3) is 0 Å². The highest BCUT2D eigenvalue weighted by molar-refractivity contribution is 7.89. The zero-order valence-corrected chi connectivity index (χ0v) is 24.4. The van der Waals surface area contributed by atoms with E-state index in [1.54, 1.807) is 10.5 Å². The number of piperazine rings is 1. The lowest BCUT2D eigenvalue weighted by Gasteiger charge is -2.51. The van der Waals surface area contributed by atoms with Crippen LogP contribution in [0.4, 0.5) is 5.69 Å². The third kappa shape index (κ3) is 4.78. The molecule has 4 unspecified atom stereocenters. The Hall–Kier alpha value is -2.43. The number of carbonyl (C=O) groups is 1. The van der Waals surface area contributed by atoms with E-state index in [-0.39, 0.29) is 35.3 Å². The molecule has 1 aliphatic heterocycles. The van der Waals surface area contributed by atoms with Crippen LogP contribution in [0.3, 0.4) is 0 Å². The largest absolute Gasteiger partial charge is 0.389 e. The van der Waals surface area contributed by atoms with Crippen LogP contribution in [0.25, 0.3) is 0 Å². The van der Waals surface area contributed by atoms with Gasteiger partial charge in [0.2, 0.25) is 15.9 Å². The van der Waals surface area contributed by atoms with Gasteiger partial charge < -0.3 is 20.3 Å². The molecule has 0 spiro atoms. The minimum absolute atomic E-state index is 0.0587. The summed E-state index contributed by atoms with van der Waals surface area (Å²) in [4.78, 5) is 21.7. The van der Waals surface area contributed by atoms with E-state index < -0.39 is 21.0 Å². The second kappa shape index (κ2) is 10.2. The molecule has 0 radical (unpaired) electrons. The number of rotatable bonds is 9. The number of nitrogens with zero attached hydrogens (tertiary/aromatic N) is 3. The van der Waals surface area contributed by atoms with Crippen LogP contribution in [-0.2, 0) is 21.2 Å². The Morgan fingerprint density at radius 1 is 1.23 bits per heavy atom. The number of imidazole rings is 1. The third-order valence-corrected chi connectivity index (χ3v) is 12.4. The number of benzene rings is 1. The summed E-state index contributed by atoms with van der Waals surface area (Å²) in [5, 5.41) is 15.3. The van der Waals surface area contributed by atoms with Crippen LogP contribution in [-0.4, -0.2) is 77.8 Å². The van der Waals surface area contributed by atoms with Gasteiger partial charge in [-0.3, -0.25) is 4.79 Å². The van der Waals surface area contributed by atoms with Crippen molar-refractivity contribution < 1.29 is 18.3 Å². The number of aromatic nitrogens is 2. The molecular weight excluding hydrogens is 514 g/mol. The second-order valence-electron chi connectivity index (χ2n) is 12.6. The fourth-order valence-electron chi connectivity index (χ4n) is 7.83. The van der Waals surface area contributed by atoms with Crippen molar-refractivity contribution in [3.05, 3.63) is 48.0 Å². The highest BCUT2D eigenvalue weighted by Crippen LogP contribution is 2.71. The Kier molecular flexibility index (Phi) is 7.35. The molecular formula is C29H43N5O4S. The fraction of sp³-hybridized carbons (Fsp3) is 0.655. The fourth-order valence-corrected chi connectivity index (χ4v) is 10.1. The molecule has 1 aromatic carbocycles. The average molecular weight is 558 g/mol. The number of para-hydroxylation sites is 1. The molecule has 5 rings (SSSR count). The molecule has 1 amide bonds. The van der Waals surface area contributed by atoms with Crippen molar-refractivity contribution in [2.75, 3.05) is 43.4 Å². The molecule has 2 saturated carbocycles. The van der Waals surface area contributed by atoms with Gasteiger partial charge in [0.05, 0.1) is 24.1 Å². The number of aryl methyl sites for hydroxylation is 1. The number of amides is 1. The summed E-state index contributed by atoms with van der Waals surface area (Å²) in [6.07, 6.45) is 5.51. The number of carbonyl (C=O) groups excluding carboxylic acids is 1. The molecule has 2 bridgehead atoms. The zero-order valence-electron chi connectivity index (χ0n) is 23.6. The van der Waals surface area contributed by atoms with Gasteiger partial charge in [0.1, 0.15) is 0 Å². The van der Waals surface area contributed by atoms with Gasteiger partial charge in [0, 0.05) is 61.6 Å². The minimum atomic E-state index is -3.62. The Morgan fingerprint density at radius 2 is 1.95 bits per heavy atom. The Labute approximate surface area is 232 Å². The molecule has 3 aliphatic rings. The average Bonchev–Trinajstić information content (AvgIpc) is 3.53. The molecule has 4 atom stereocenters. The van der Waals surface area contributed by atoms with E-state index in [0.717, 1.165) is 17.8 Å². The Morgan fingerprint density at radius 3 is 2.59 bits per heavy atom. The van der Waals surface area contributed by atoms with E-state index in [4.69, 9.17) is 0 Å². The quantitative estimate of drug-likeness (QED) is 0.436. The number of nitrogens with one attached hydrogen (secondary N) is 2. The van der Waals surface area contributed by atoms with Crippen molar-refractivity contribution in [2.45, 2.75) is 59.0 Å². The van der Waals surface area contributed by atoms with Gasteiger partial charge in [0.15, 0.2) is 0 Å². The summed E-state index contributed by atoms with van der Waals surface area (Å²) in [5.74, 6) is -0.249. The van der Waals surface area contributed by atoms with Crippen molar-refractivity contribution in [1.29, 1.82) is 0 Å². The highest BCUT2D eigenvalue weighted by Gasteiger charge is 2.73. The number of aliphatic hydroxyl groups is 1. The van der Waals surface area contributed by atoms with Gasteiger partial charge >= 0.3 is 0 Å². The van der Waals surface area contributed by atoms with Crippen LogP contribution in [0.15, 0.2) is 36.8 Å². The third-order valence-electron chi connectivity index (χ3n) is 10.4. The molecule has 3 N–H and O–H groups in total. The zero-order chi connectivity index (χ0) is 28.1. The van der Waals surface area contributed by atoms with Crippen molar-refractivity contribution in [3.8, 4) is 0 Å². The lowest BCUT2D eigenvalue weighted by molar-refractivity contribution is -0.129. The van der Waals surface area contributed by atoms with Gasteiger partial charge in [-0.05, 0) is 49.1 Å². The first-order chi connectivity index (χ1) is 18.4. The van der Waals surface area contributed by atoms with Crippen LogP contribution in [0.1, 0.15) is 51.3 Å². The summed E-state index contributed by atoms with van der Waals surface area (Å²) in [6.45, 7) is 10.8. The topological polar surface area (TPSA) is 119 Å². The van der Waals surface area contributed by atoms with Crippen LogP contribution in [0.5, 0.6) is 0 Å². The lowest BCUT2D eigenvalue weighted by atomic mass is 9.60. The smallest absolute Gasteiger partial charge is 0.226 e. The summed E-state index contributed by atoms with van der Waals surface area (Å²) in [6, 6.07) is 8.21. The minimum Gasteiger partial charge on any atom is -0.389 e. The van der Waals surface area contributed by atoms with Crippen LogP contribution in [0, 0.1) is 29.6 Å². The monoisotopic (exact) mass is 557 g/mol. The number of aromatic amines is 1. The molecule has 1 saturated heterocycles. The van der Waals surface area contributed by atoms with Gasteiger partial charge in [-0.1, -0.05) is 39.0 Å². The van der Waals surface area contributed by atoms with E-state index in [0.29, 0.717) is 45.6 Å². The number of sulfonamides is 1. The van der Waals surface area contributed by atoms with Crippen LogP contribution < -0.4 is 10.2 Å². The maximum absolute atomic E-state index is 14.0. The molecule has 2 aliphatic carbocycles. The number of H-pyrrole nitrogens is 1. The Bertz CT molecular complexity index is 1290. The first-order valence-corrected chi connectivity index (χ1v) is 15.8. The molecule has 9 nitrogen and oxygen atoms in total. The molecule has 2 aromatic rings. The summed E-state index contributed by atoms with van der Waals surface area (Å²) in [7, 11) is -3.62. The van der Waals surface area contributed by atoms with E-state index >= 15 is 0 Å². The Balaban J connectivity index is 1.30. The number of hydrogen-bond donors (Lipinski definition) is 3. The van der Waals surface area contributed by atoms with Crippen molar-refractivity contribution >= 4 is 21.6 Å². The van der Waals surface area contributed by atoms with E-state index in [1.807, 2.05) is 19.1 Å². The predicted octanol–water partition coefficient (Wildman–Crippen LogP) is 2.72.